The lowest BCUT2D eigenvalue weighted by Crippen LogP contribution is -2.23. The monoisotopic (exact) mass is 307 g/mol. The number of ether oxygens (including phenoxy) is 1. The van der Waals surface area contributed by atoms with E-state index in [9.17, 15) is 0 Å². The van der Waals surface area contributed by atoms with Crippen LogP contribution in [0.5, 0.6) is 5.75 Å². The van der Waals surface area contributed by atoms with Crippen LogP contribution >= 0.6 is 11.8 Å². The summed E-state index contributed by atoms with van der Waals surface area (Å²) < 4.78 is 5.23. The predicted octanol–water partition coefficient (Wildman–Crippen LogP) is 3.83. The lowest BCUT2D eigenvalue weighted by molar-refractivity contribution is 0.415. The van der Waals surface area contributed by atoms with Crippen molar-refractivity contribution in [1.29, 1.82) is 0 Å². The Morgan fingerprint density at radius 1 is 1.38 bits per heavy atom. The molecule has 0 fully saturated rings. The average Bonchev–Trinajstić information content (AvgIpc) is 2.87. The van der Waals surface area contributed by atoms with Gasteiger partial charge in [0, 0.05) is 17.9 Å². The van der Waals surface area contributed by atoms with Gasteiger partial charge in [0.2, 0.25) is 0 Å². The molecule has 0 saturated heterocycles. The second-order valence-corrected chi connectivity index (χ2v) is 6.69. The summed E-state index contributed by atoms with van der Waals surface area (Å²) in [4.78, 5) is 7.97. The number of aromatic amines is 1. The molecule has 1 aromatic carbocycles. The molecule has 0 aliphatic heterocycles. The molecule has 4 nitrogen and oxygen atoms in total. The lowest BCUT2D eigenvalue weighted by Gasteiger charge is -2.10. The standard InChI is InChI=1S/C16H25N3OS/c1-4-5-6-9-17-11-12(2)21-16-18-14-8-7-13(20-3)10-15(14)19-16/h7-8,10,12,17H,4-6,9,11H2,1-3H3,(H,18,19). The van der Waals surface area contributed by atoms with Crippen LogP contribution in [0.1, 0.15) is 33.1 Å². The van der Waals surface area contributed by atoms with Gasteiger partial charge < -0.3 is 15.0 Å². The fraction of sp³-hybridized carbons (Fsp3) is 0.562. The number of hydrogen-bond donors (Lipinski definition) is 2. The van der Waals surface area contributed by atoms with Gasteiger partial charge in [-0.25, -0.2) is 4.98 Å². The van der Waals surface area contributed by atoms with Crippen LogP contribution < -0.4 is 10.1 Å². The van der Waals surface area contributed by atoms with Crippen molar-refractivity contribution in [2.75, 3.05) is 20.2 Å². The Kier molecular flexibility index (Phi) is 6.39. The van der Waals surface area contributed by atoms with Crippen molar-refractivity contribution in [3.05, 3.63) is 18.2 Å². The second-order valence-electron chi connectivity index (χ2n) is 5.26. The predicted molar refractivity (Wildman–Crippen MR) is 90.4 cm³/mol. The van der Waals surface area contributed by atoms with Crippen molar-refractivity contribution < 1.29 is 4.74 Å². The number of nitrogens with one attached hydrogen (secondary N) is 2. The van der Waals surface area contributed by atoms with Crippen molar-refractivity contribution in [1.82, 2.24) is 15.3 Å². The highest BCUT2D eigenvalue weighted by atomic mass is 32.2. The Morgan fingerprint density at radius 3 is 3.00 bits per heavy atom. The lowest BCUT2D eigenvalue weighted by atomic mass is 10.2. The fourth-order valence-corrected chi connectivity index (χ4v) is 3.09. The van der Waals surface area contributed by atoms with Crippen molar-refractivity contribution in [2.24, 2.45) is 0 Å². The number of imidazole rings is 1. The zero-order chi connectivity index (χ0) is 15.1. The van der Waals surface area contributed by atoms with Crippen LogP contribution in [0.25, 0.3) is 11.0 Å². The van der Waals surface area contributed by atoms with E-state index in [1.807, 2.05) is 18.2 Å². The molecule has 1 atom stereocenters. The Labute approximate surface area is 131 Å². The Morgan fingerprint density at radius 2 is 2.24 bits per heavy atom. The van der Waals surface area contributed by atoms with Crippen LogP contribution in [-0.4, -0.2) is 35.4 Å². The van der Waals surface area contributed by atoms with Gasteiger partial charge in [0.25, 0.3) is 0 Å². The minimum atomic E-state index is 0.495. The van der Waals surface area contributed by atoms with Crippen molar-refractivity contribution in [3.63, 3.8) is 0 Å². The number of rotatable bonds is 9. The maximum atomic E-state index is 5.23. The van der Waals surface area contributed by atoms with E-state index in [4.69, 9.17) is 4.74 Å². The molecule has 5 heteroatoms. The number of unbranched alkanes of at least 4 members (excludes halogenated alkanes) is 2. The number of H-pyrrole nitrogens is 1. The van der Waals surface area contributed by atoms with Gasteiger partial charge in [-0.3, -0.25) is 0 Å². The van der Waals surface area contributed by atoms with E-state index in [0.29, 0.717) is 5.25 Å². The van der Waals surface area contributed by atoms with Crippen molar-refractivity contribution in [3.8, 4) is 5.75 Å². The molecule has 0 bridgehead atoms. The van der Waals surface area contributed by atoms with E-state index in [0.717, 1.165) is 35.0 Å². The molecule has 0 spiro atoms. The summed E-state index contributed by atoms with van der Waals surface area (Å²) in [5.41, 5.74) is 2.02. The maximum Gasteiger partial charge on any atom is 0.166 e. The highest BCUT2D eigenvalue weighted by Gasteiger charge is 2.09. The number of thioether (sulfide) groups is 1. The molecule has 21 heavy (non-hydrogen) atoms. The molecule has 1 heterocycles. The molecule has 2 aromatic rings. The Balaban J connectivity index is 1.84. The summed E-state index contributed by atoms with van der Waals surface area (Å²) in [7, 11) is 1.68. The first-order valence-electron chi connectivity index (χ1n) is 7.64. The summed E-state index contributed by atoms with van der Waals surface area (Å²) in [6.45, 7) is 6.57. The van der Waals surface area contributed by atoms with E-state index in [1.54, 1.807) is 18.9 Å². The quantitative estimate of drug-likeness (QED) is 0.546. The number of benzene rings is 1. The molecule has 2 rings (SSSR count). The molecule has 0 aliphatic rings. The van der Waals surface area contributed by atoms with Crippen LogP contribution in [0.2, 0.25) is 0 Å². The molecule has 1 aromatic heterocycles. The van der Waals surface area contributed by atoms with Gasteiger partial charge >= 0.3 is 0 Å². The third-order valence-corrected chi connectivity index (χ3v) is 4.35. The molecule has 1 unspecified atom stereocenters. The molecular weight excluding hydrogens is 282 g/mol. The fourth-order valence-electron chi connectivity index (χ4n) is 2.19. The molecule has 2 N–H and O–H groups in total. The third-order valence-electron chi connectivity index (χ3n) is 3.37. The van der Waals surface area contributed by atoms with Crippen LogP contribution in [0.4, 0.5) is 0 Å². The minimum Gasteiger partial charge on any atom is -0.497 e. The molecular formula is C16H25N3OS. The number of nitrogens with zero attached hydrogens (tertiary/aromatic N) is 1. The second kappa shape index (κ2) is 8.29. The summed E-state index contributed by atoms with van der Waals surface area (Å²) in [6.07, 6.45) is 3.84. The summed E-state index contributed by atoms with van der Waals surface area (Å²) in [6, 6.07) is 5.92. The first kappa shape index (κ1) is 16.2. The summed E-state index contributed by atoms with van der Waals surface area (Å²) in [5.74, 6) is 0.855. The van der Waals surface area contributed by atoms with Gasteiger partial charge in [-0.15, -0.1) is 0 Å². The number of methoxy groups -OCH3 is 1. The molecule has 0 radical (unpaired) electrons. The van der Waals surface area contributed by atoms with Crippen molar-refractivity contribution in [2.45, 2.75) is 43.5 Å². The minimum absolute atomic E-state index is 0.495. The van der Waals surface area contributed by atoms with Gasteiger partial charge in [-0.05, 0) is 25.1 Å². The number of hydrogen-bond acceptors (Lipinski definition) is 4. The molecule has 0 aliphatic carbocycles. The topological polar surface area (TPSA) is 49.9 Å². The van der Waals surface area contributed by atoms with Crippen LogP contribution in [-0.2, 0) is 0 Å². The molecule has 116 valence electrons. The van der Waals surface area contributed by atoms with Gasteiger partial charge in [-0.1, -0.05) is 38.5 Å². The van der Waals surface area contributed by atoms with E-state index >= 15 is 0 Å². The van der Waals surface area contributed by atoms with Gasteiger partial charge in [0.15, 0.2) is 5.16 Å². The van der Waals surface area contributed by atoms with E-state index in [1.165, 1.54) is 19.3 Å². The van der Waals surface area contributed by atoms with E-state index in [-0.39, 0.29) is 0 Å². The highest BCUT2D eigenvalue weighted by Crippen LogP contribution is 2.25. The van der Waals surface area contributed by atoms with Crippen LogP contribution in [0, 0.1) is 0 Å². The summed E-state index contributed by atoms with van der Waals surface area (Å²) in [5, 5.41) is 4.98. The number of aromatic nitrogens is 2. The van der Waals surface area contributed by atoms with Gasteiger partial charge in [0.1, 0.15) is 5.75 Å². The largest absolute Gasteiger partial charge is 0.497 e. The zero-order valence-corrected chi connectivity index (χ0v) is 13.9. The van der Waals surface area contributed by atoms with Gasteiger partial charge in [-0.2, -0.15) is 0 Å². The molecule has 0 amide bonds. The Hall–Kier alpha value is -1.20. The average molecular weight is 307 g/mol. The normalized spacial score (nSPS) is 12.7. The smallest absolute Gasteiger partial charge is 0.166 e. The maximum absolute atomic E-state index is 5.23. The first-order valence-corrected chi connectivity index (χ1v) is 8.52. The van der Waals surface area contributed by atoms with E-state index < -0.39 is 0 Å². The van der Waals surface area contributed by atoms with Gasteiger partial charge in [0.05, 0.1) is 18.1 Å². The number of fused-ring (bicyclic) bond motifs is 1. The first-order chi connectivity index (χ1) is 10.2. The van der Waals surface area contributed by atoms with Crippen molar-refractivity contribution >= 4 is 22.8 Å². The highest BCUT2D eigenvalue weighted by molar-refractivity contribution is 7.99. The van der Waals surface area contributed by atoms with Crippen LogP contribution in [0.15, 0.2) is 23.4 Å². The Bertz CT molecular complexity index is 555. The van der Waals surface area contributed by atoms with Crippen LogP contribution in [0.3, 0.4) is 0 Å². The molecule has 0 saturated carbocycles. The zero-order valence-electron chi connectivity index (χ0n) is 13.1. The third kappa shape index (κ3) is 4.93. The SMILES string of the molecule is CCCCCNCC(C)Sc1nc2ccc(OC)cc2[nH]1. The van der Waals surface area contributed by atoms with E-state index in [2.05, 4.69) is 29.1 Å². The summed E-state index contributed by atoms with van der Waals surface area (Å²) >= 11 is 1.78.